The SMILES string of the molecule is CCOC(C)=O.O=C(O)C(O)c1cc(-c2ccc(C(F)(F)F)cc2)ccc1F. The summed E-state index contributed by atoms with van der Waals surface area (Å²) in [6.07, 6.45) is -6.51. The molecule has 2 N–H and O–H groups in total. The predicted octanol–water partition coefficient (Wildman–Crippen LogP) is 4.20. The first-order valence-electron chi connectivity index (χ1n) is 7.98. The standard InChI is InChI=1S/C15H10F4O3.C4H8O2/c16-12-6-3-9(7-11(12)13(20)14(21)22)8-1-4-10(5-2-8)15(17,18)19;1-3-6-4(2)5/h1-7,13,20H,(H,21,22);3H2,1-2H3. The van der Waals surface area contributed by atoms with Crippen molar-refractivity contribution >= 4 is 11.9 Å². The molecule has 0 aliphatic heterocycles. The monoisotopic (exact) mass is 402 g/mol. The molecule has 0 fully saturated rings. The van der Waals surface area contributed by atoms with Gasteiger partial charge in [-0.15, -0.1) is 0 Å². The average Bonchev–Trinajstić information content (AvgIpc) is 2.61. The molecule has 0 amide bonds. The molecular weight excluding hydrogens is 384 g/mol. The summed E-state index contributed by atoms with van der Waals surface area (Å²) in [6.45, 7) is 3.65. The molecule has 9 heteroatoms. The Morgan fingerprint density at radius 1 is 1.07 bits per heavy atom. The van der Waals surface area contributed by atoms with Crippen molar-refractivity contribution in [2.45, 2.75) is 26.1 Å². The maximum absolute atomic E-state index is 13.5. The number of aliphatic hydroxyl groups is 1. The minimum absolute atomic E-state index is 0.211. The van der Waals surface area contributed by atoms with E-state index in [-0.39, 0.29) is 5.97 Å². The highest BCUT2D eigenvalue weighted by atomic mass is 19.4. The highest BCUT2D eigenvalue weighted by molar-refractivity contribution is 5.75. The second-order valence-corrected chi connectivity index (χ2v) is 5.48. The molecule has 1 atom stereocenters. The third kappa shape index (κ3) is 6.66. The van der Waals surface area contributed by atoms with Gasteiger partial charge in [0.2, 0.25) is 0 Å². The molecule has 152 valence electrons. The Balaban J connectivity index is 0.000000568. The number of alkyl halides is 3. The van der Waals surface area contributed by atoms with Gasteiger partial charge in [-0.05, 0) is 42.3 Å². The molecule has 0 heterocycles. The van der Waals surface area contributed by atoms with Crippen molar-refractivity contribution in [1.29, 1.82) is 0 Å². The number of ether oxygens (including phenoxy) is 1. The quantitative estimate of drug-likeness (QED) is 0.592. The van der Waals surface area contributed by atoms with Crippen LogP contribution in [-0.2, 0) is 20.5 Å². The Morgan fingerprint density at radius 3 is 2.00 bits per heavy atom. The van der Waals surface area contributed by atoms with Gasteiger partial charge < -0.3 is 14.9 Å². The van der Waals surface area contributed by atoms with Crippen LogP contribution in [-0.4, -0.2) is 28.8 Å². The average molecular weight is 402 g/mol. The van der Waals surface area contributed by atoms with Crippen LogP contribution < -0.4 is 0 Å². The molecule has 2 aromatic carbocycles. The highest BCUT2D eigenvalue weighted by Crippen LogP contribution is 2.32. The summed E-state index contributed by atoms with van der Waals surface area (Å²) >= 11 is 0. The topological polar surface area (TPSA) is 83.8 Å². The lowest BCUT2D eigenvalue weighted by Crippen LogP contribution is -2.12. The lowest BCUT2D eigenvalue weighted by atomic mass is 9.99. The van der Waals surface area contributed by atoms with E-state index in [0.29, 0.717) is 17.7 Å². The second-order valence-electron chi connectivity index (χ2n) is 5.48. The number of rotatable bonds is 4. The van der Waals surface area contributed by atoms with E-state index in [2.05, 4.69) is 4.74 Å². The van der Waals surface area contributed by atoms with Gasteiger partial charge in [0.15, 0.2) is 6.10 Å². The van der Waals surface area contributed by atoms with E-state index in [0.717, 1.165) is 24.3 Å². The van der Waals surface area contributed by atoms with Gasteiger partial charge in [-0.25, -0.2) is 9.18 Å². The van der Waals surface area contributed by atoms with Gasteiger partial charge in [0.05, 0.1) is 12.2 Å². The fourth-order valence-electron chi connectivity index (χ4n) is 2.12. The Labute approximate surface area is 158 Å². The predicted molar refractivity (Wildman–Crippen MR) is 91.7 cm³/mol. The Morgan fingerprint density at radius 2 is 1.61 bits per heavy atom. The maximum atomic E-state index is 13.5. The fraction of sp³-hybridized carbons (Fsp3) is 0.263. The van der Waals surface area contributed by atoms with Crippen molar-refractivity contribution < 1.29 is 42.1 Å². The number of aliphatic carboxylic acids is 1. The summed E-state index contributed by atoms with van der Waals surface area (Å²) < 4.78 is 55.4. The number of esters is 1. The Kier molecular flexibility index (Phi) is 8.12. The molecule has 0 saturated carbocycles. The highest BCUT2D eigenvalue weighted by Gasteiger charge is 2.30. The van der Waals surface area contributed by atoms with E-state index in [4.69, 9.17) is 5.11 Å². The zero-order chi connectivity index (χ0) is 21.5. The zero-order valence-electron chi connectivity index (χ0n) is 15.0. The minimum Gasteiger partial charge on any atom is -0.479 e. The Hall–Kier alpha value is -2.94. The molecule has 1 unspecified atom stereocenters. The summed E-state index contributed by atoms with van der Waals surface area (Å²) in [6, 6.07) is 7.44. The lowest BCUT2D eigenvalue weighted by molar-refractivity contribution is -0.147. The first kappa shape index (κ1) is 23.1. The maximum Gasteiger partial charge on any atom is 0.416 e. The van der Waals surface area contributed by atoms with Gasteiger partial charge in [-0.3, -0.25) is 4.79 Å². The Bertz CT molecular complexity index is 816. The molecule has 0 aliphatic carbocycles. The summed E-state index contributed by atoms with van der Waals surface area (Å²) in [7, 11) is 0. The van der Waals surface area contributed by atoms with Crippen LogP contribution in [0.5, 0.6) is 0 Å². The number of carbonyl (C=O) groups excluding carboxylic acids is 1. The van der Waals surface area contributed by atoms with Crippen molar-refractivity contribution in [3.63, 3.8) is 0 Å². The van der Waals surface area contributed by atoms with E-state index < -0.39 is 35.2 Å². The summed E-state index contributed by atoms with van der Waals surface area (Å²) in [4.78, 5) is 20.5. The first-order valence-corrected chi connectivity index (χ1v) is 7.98. The van der Waals surface area contributed by atoms with Crippen LogP contribution in [0.2, 0.25) is 0 Å². The van der Waals surface area contributed by atoms with Crippen LogP contribution in [0.3, 0.4) is 0 Å². The van der Waals surface area contributed by atoms with Gasteiger partial charge in [0, 0.05) is 12.5 Å². The van der Waals surface area contributed by atoms with E-state index in [1.807, 2.05) is 0 Å². The van der Waals surface area contributed by atoms with Gasteiger partial charge in [-0.1, -0.05) is 18.2 Å². The summed E-state index contributed by atoms with van der Waals surface area (Å²) in [5.41, 5.74) is -0.647. The second kappa shape index (κ2) is 9.84. The molecule has 0 radical (unpaired) electrons. The molecule has 0 aliphatic rings. The molecular formula is C19H18F4O5. The number of carbonyl (C=O) groups is 2. The smallest absolute Gasteiger partial charge is 0.416 e. The van der Waals surface area contributed by atoms with Crippen molar-refractivity contribution in [2.24, 2.45) is 0 Å². The van der Waals surface area contributed by atoms with Crippen LogP contribution >= 0.6 is 0 Å². The number of carboxylic acids is 1. The van der Waals surface area contributed by atoms with E-state index in [1.165, 1.54) is 25.1 Å². The van der Waals surface area contributed by atoms with Crippen LogP contribution in [0.15, 0.2) is 42.5 Å². The van der Waals surface area contributed by atoms with E-state index in [9.17, 15) is 32.3 Å². The van der Waals surface area contributed by atoms with Gasteiger partial charge in [0.1, 0.15) is 5.82 Å². The number of aliphatic hydroxyl groups excluding tert-OH is 1. The summed E-state index contributed by atoms with van der Waals surface area (Å²) in [5.74, 6) is -2.74. The number of halogens is 4. The third-order valence-corrected chi connectivity index (χ3v) is 3.42. The van der Waals surface area contributed by atoms with Crippen LogP contribution in [0.4, 0.5) is 17.6 Å². The largest absolute Gasteiger partial charge is 0.479 e. The van der Waals surface area contributed by atoms with Crippen molar-refractivity contribution in [3.05, 3.63) is 59.4 Å². The fourth-order valence-corrected chi connectivity index (χ4v) is 2.12. The van der Waals surface area contributed by atoms with Gasteiger partial charge >= 0.3 is 18.1 Å². The third-order valence-electron chi connectivity index (χ3n) is 3.42. The molecule has 2 rings (SSSR count). The lowest BCUT2D eigenvalue weighted by Gasteiger charge is -2.11. The molecule has 0 bridgehead atoms. The molecule has 2 aromatic rings. The van der Waals surface area contributed by atoms with Crippen molar-refractivity contribution in [1.82, 2.24) is 0 Å². The number of carboxylic acid groups (broad SMARTS) is 1. The molecule has 0 spiro atoms. The zero-order valence-corrected chi connectivity index (χ0v) is 15.0. The molecule has 5 nitrogen and oxygen atoms in total. The molecule has 0 aromatic heterocycles. The normalized spacial score (nSPS) is 11.8. The van der Waals surface area contributed by atoms with Crippen molar-refractivity contribution in [3.8, 4) is 11.1 Å². The van der Waals surface area contributed by atoms with Crippen molar-refractivity contribution in [2.75, 3.05) is 6.61 Å². The van der Waals surface area contributed by atoms with E-state index >= 15 is 0 Å². The molecule has 28 heavy (non-hydrogen) atoms. The minimum atomic E-state index is -4.47. The first-order chi connectivity index (χ1) is 13.0. The van der Waals surface area contributed by atoms with Crippen LogP contribution in [0.1, 0.15) is 31.1 Å². The summed E-state index contributed by atoms with van der Waals surface area (Å²) in [5, 5.41) is 18.1. The van der Waals surface area contributed by atoms with Crippen LogP contribution in [0, 0.1) is 5.82 Å². The molecule has 0 saturated heterocycles. The van der Waals surface area contributed by atoms with E-state index in [1.54, 1.807) is 6.92 Å². The number of benzene rings is 2. The number of hydrogen-bond donors (Lipinski definition) is 2. The van der Waals surface area contributed by atoms with Gasteiger partial charge in [-0.2, -0.15) is 13.2 Å². The number of hydrogen-bond acceptors (Lipinski definition) is 4. The van der Waals surface area contributed by atoms with Gasteiger partial charge in [0.25, 0.3) is 0 Å². The van der Waals surface area contributed by atoms with Crippen LogP contribution in [0.25, 0.3) is 11.1 Å².